The van der Waals surface area contributed by atoms with E-state index in [4.69, 9.17) is 39.2 Å². The van der Waals surface area contributed by atoms with Gasteiger partial charge in [0.25, 0.3) is 0 Å². The summed E-state index contributed by atoms with van der Waals surface area (Å²) in [4.78, 5) is 50.8. The Morgan fingerprint density at radius 3 is 1.44 bits per heavy atom. The van der Waals surface area contributed by atoms with Gasteiger partial charge in [0, 0.05) is 44.7 Å². The minimum atomic E-state index is -0.454. The molecule has 0 aromatic rings. The molecule has 0 saturated carbocycles. The van der Waals surface area contributed by atoms with Crippen molar-refractivity contribution in [3.8, 4) is 0 Å². The lowest BCUT2D eigenvalue weighted by molar-refractivity contribution is -0.210. The van der Waals surface area contributed by atoms with Gasteiger partial charge in [-0.2, -0.15) is 45.1 Å². The monoisotopic (exact) mass is 746 g/mol. The Balaban J connectivity index is 3.29. The molecular weight excluding hydrogens is 705 g/mol. The molecule has 0 aliphatic carbocycles. The van der Waals surface area contributed by atoms with Crippen LogP contribution in [-0.2, 0) is 29.0 Å². The van der Waals surface area contributed by atoms with Crippen LogP contribution in [0.4, 0.5) is 9.59 Å². The fourth-order valence-corrected chi connectivity index (χ4v) is 6.61. The Labute approximate surface area is 283 Å². The van der Waals surface area contributed by atoms with Crippen molar-refractivity contribution in [3.63, 3.8) is 0 Å². The van der Waals surface area contributed by atoms with Crippen molar-refractivity contribution < 1.29 is 48.8 Å². The SMILES string of the molecule is O=C(NCSCSC/N=C\OOCCSCCO)OCCSCCOO/C=N/CSCSCNC(=O)OCCSCCO. The number of hydrogen-bond donors (Lipinski definition) is 4. The Hall–Kier alpha value is -0.230. The van der Waals surface area contributed by atoms with Crippen LogP contribution in [-0.4, -0.2) is 143 Å². The van der Waals surface area contributed by atoms with Crippen molar-refractivity contribution in [1.82, 2.24) is 10.6 Å². The summed E-state index contributed by atoms with van der Waals surface area (Å²) in [5, 5.41) is 24.1. The van der Waals surface area contributed by atoms with Gasteiger partial charge in [0.1, 0.15) is 26.4 Å². The first kappa shape index (κ1) is 42.8. The maximum absolute atomic E-state index is 11.7. The molecular formula is C22H42N4O10S7. The quantitative estimate of drug-likeness (QED) is 0.0197. The second kappa shape index (κ2) is 38.0. The van der Waals surface area contributed by atoms with E-state index in [9.17, 15) is 9.59 Å². The summed E-state index contributed by atoms with van der Waals surface area (Å²) in [5.41, 5.74) is 0. The van der Waals surface area contributed by atoms with Crippen molar-refractivity contribution in [3.05, 3.63) is 0 Å². The summed E-state index contributed by atoms with van der Waals surface area (Å²) >= 11 is 10.9. The summed E-state index contributed by atoms with van der Waals surface area (Å²) in [5.74, 6) is 5.96. The molecule has 0 atom stereocenters. The molecule has 0 aliphatic rings. The molecule has 0 unspecified atom stereocenters. The van der Waals surface area contributed by atoms with E-state index in [1.54, 1.807) is 47.0 Å². The molecule has 0 aromatic heterocycles. The largest absolute Gasteiger partial charge is 0.449 e. The van der Waals surface area contributed by atoms with Gasteiger partial charge in [-0.1, -0.05) is 0 Å². The Kier molecular flexibility index (Phi) is 37.8. The molecule has 2 amide bonds. The molecule has 0 radical (unpaired) electrons. The van der Waals surface area contributed by atoms with E-state index >= 15 is 0 Å². The number of nitrogens with one attached hydrogen (secondary N) is 2. The number of rotatable bonds is 32. The second-order valence-corrected chi connectivity index (χ2v) is 15.2. The number of thioether (sulfide) groups is 7. The van der Waals surface area contributed by atoms with E-state index in [1.807, 2.05) is 0 Å². The fraction of sp³-hybridized carbons (Fsp3) is 0.818. The fourth-order valence-electron chi connectivity index (χ4n) is 1.99. The average Bonchev–Trinajstić information content (AvgIpc) is 3.00. The van der Waals surface area contributed by atoms with Gasteiger partial charge in [-0.25, -0.2) is 19.6 Å². The molecule has 0 spiro atoms. The number of amides is 2. The van der Waals surface area contributed by atoms with Gasteiger partial charge in [-0.3, -0.25) is 0 Å². The molecule has 14 nitrogen and oxygen atoms in total. The summed E-state index contributed by atoms with van der Waals surface area (Å²) in [6.45, 7) is 1.70. The highest BCUT2D eigenvalue weighted by Crippen LogP contribution is 2.11. The van der Waals surface area contributed by atoms with E-state index < -0.39 is 12.2 Å². The highest BCUT2D eigenvalue weighted by atomic mass is 32.2. The predicted octanol–water partition coefficient (Wildman–Crippen LogP) is 3.25. The Morgan fingerprint density at radius 1 is 0.581 bits per heavy atom. The van der Waals surface area contributed by atoms with Gasteiger partial charge in [0.05, 0.1) is 36.7 Å². The van der Waals surface area contributed by atoms with Crippen LogP contribution in [0, 0.1) is 0 Å². The molecule has 0 fully saturated rings. The molecule has 252 valence electrons. The van der Waals surface area contributed by atoms with E-state index in [0.29, 0.717) is 78.7 Å². The van der Waals surface area contributed by atoms with Gasteiger partial charge < -0.3 is 40.1 Å². The van der Waals surface area contributed by atoms with E-state index in [0.717, 1.165) is 15.9 Å². The molecule has 0 aliphatic heterocycles. The number of aliphatic hydroxyl groups excluding tert-OH is 2. The average molecular weight is 747 g/mol. The Morgan fingerprint density at radius 2 is 1.00 bits per heavy atom. The number of aliphatic hydroxyl groups is 2. The number of hydrogen-bond acceptors (Lipinski definition) is 19. The van der Waals surface area contributed by atoms with E-state index in [2.05, 4.69) is 20.6 Å². The Bertz CT molecular complexity index is 694. The standard InChI is InChI=1S/C22H42N4O10S7/c27-1-7-37-9-3-31-21(29)25-17-42-19-41-16-24-14-36-34-6-12-39-10-4-32-22(30)26-18-43-20-40-15-23-13-35-33-5-11-38-8-2-28/h13-14,27-28H,1-12,15-20H2,(H,25,29)(H,26,30)/b23-13-,24-14+. The summed E-state index contributed by atoms with van der Waals surface area (Å²) in [6, 6.07) is 0. The van der Waals surface area contributed by atoms with Crippen molar-refractivity contribution in [2.75, 3.05) is 108 Å². The minimum absolute atomic E-state index is 0.122. The van der Waals surface area contributed by atoms with Crippen LogP contribution >= 0.6 is 82.3 Å². The van der Waals surface area contributed by atoms with Crippen LogP contribution in [0.25, 0.3) is 0 Å². The normalized spacial score (nSPS) is 11.2. The lowest BCUT2D eigenvalue weighted by atomic mass is 10.8. The molecule has 4 N–H and O–H groups in total. The number of alkyl carbamates (subject to hydrolysis) is 2. The highest BCUT2D eigenvalue weighted by Gasteiger charge is 2.02. The van der Waals surface area contributed by atoms with Gasteiger partial charge >= 0.3 is 12.2 Å². The number of ether oxygens (including phenoxy) is 2. The van der Waals surface area contributed by atoms with Crippen LogP contribution < -0.4 is 10.6 Å². The highest BCUT2D eigenvalue weighted by molar-refractivity contribution is 8.16. The van der Waals surface area contributed by atoms with Crippen molar-refractivity contribution in [2.45, 2.75) is 0 Å². The molecule has 21 heteroatoms. The zero-order valence-electron chi connectivity index (χ0n) is 23.8. The molecule has 43 heavy (non-hydrogen) atoms. The number of carbonyl (C=O) groups is 2. The smallest absolute Gasteiger partial charge is 0.407 e. The minimum Gasteiger partial charge on any atom is -0.449 e. The van der Waals surface area contributed by atoms with Gasteiger partial charge in [0.15, 0.2) is 0 Å². The topological polar surface area (TPSA) is 179 Å². The number of nitrogens with zero attached hydrogens (tertiary/aromatic N) is 2. The molecule has 0 rings (SSSR count). The maximum Gasteiger partial charge on any atom is 0.407 e. The van der Waals surface area contributed by atoms with Crippen LogP contribution in [0.2, 0.25) is 0 Å². The summed E-state index contributed by atoms with van der Waals surface area (Å²) in [7, 11) is 0. The predicted molar refractivity (Wildman–Crippen MR) is 186 cm³/mol. The van der Waals surface area contributed by atoms with E-state index in [-0.39, 0.29) is 13.2 Å². The third kappa shape index (κ3) is 37.9. The first-order valence-corrected chi connectivity index (χ1v) is 20.9. The zero-order chi connectivity index (χ0) is 31.3. The van der Waals surface area contributed by atoms with Crippen LogP contribution in [0.5, 0.6) is 0 Å². The van der Waals surface area contributed by atoms with Gasteiger partial charge in [0.2, 0.25) is 12.8 Å². The summed E-state index contributed by atoms with van der Waals surface area (Å²) < 4.78 is 10.1. The van der Waals surface area contributed by atoms with Gasteiger partial charge in [-0.15, -0.1) is 47.0 Å². The number of carbonyl (C=O) groups excluding carboxylic acids is 2. The zero-order valence-corrected chi connectivity index (χ0v) is 29.5. The van der Waals surface area contributed by atoms with Crippen molar-refractivity contribution >= 4 is 107 Å². The third-order valence-corrected chi connectivity index (χ3v) is 10.5. The maximum atomic E-state index is 11.7. The molecule has 0 saturated heterocycles. The summed E-state index contributed by atoms with van der Waals surface area (Å²) in [6.07, 6.45) is 1.61. The van der Waals surface area contributed by atoms with Crippen LogP contribution in [0.3, 0.4) is 0 Å². The lowest BCUT2D eigenvalue weighted by Crippen LogP contribution is -2.24. The number of aliphatic imine (C=N–C) groups is 2. The lowest BCUT2D eigenvalue weighted by Gasteiger charge is -2.06. The van der Waals surface area contributed by atoms with Crippen LogP contribution in [0.1, 0.15) is 0 Å². The molecule has 0 heterocycles. The van der Waals surface area contributed by atoms with Crippen molar-refractivity contribution in [1.29, 1.82) is 0 Å². The first-order chi connectivity index (χ1) is 21.2. The van der Waals surface area contributed by atoms with E-state index in [1.165, 1.54) is 48.1 Å². The van der Waals surface area contributed by atoms with Crippen molar-refractivity contribution in [2.24, 2.45) is 9.98 Å². The molecule has 0 bridgehead atoms. The molecule has 0 aromatic carbocycles. The third-order valence-electron chi connectivity index (χ3n) is 3.69. The van der Waals surface area contributed by atoms with Crippen LogP contribution in [0.15, 0.2) is 9.98 Å². The second-order valence-electron chi connectivity index (χ2n) is 6.92. The van der Waals surface area contributed by atoms with Gasteiger partial charge in [-0.05, 0) is 0 Å². The first-order valence-electron chi connectivity index (χ1n) is 12.8.